The maximum atomic E-state index is 12.0. The Labute approximate surface area is 114 Å². The lowest BCUT2D eigenvalue weighted by Gasteiger charge is -1.99. The molecule has 0 saturated carbocycles. The first-order chi connectivity index (χ1) is 9.61. The molecule has 0 atom stereocenters. The summed E-state index contributed by atoms with van der Waals surface area (Å²) in [6.07, 6.45) is 0. The van der Waals surface area contributed by atoms with E-state index in [9.17, 15) is 4.79 Å². The van der Waals surface area contributed by atoms with E-state index in [0.717, 1.165) is 10.9 Å². The van der Waals surface area contributed by atoms with E-state index in [1.165, 1.54) is 0 Å². The molecule has 0 aliphatic carbocycles. The van der Waals surface area contributed by atoms with Crippen molar-refractivity contribution in [3.8, 4) is 0 Å². The molecular weight excluding hydrogens is 258 g/mol. The third-order valence-electron chi connectivity index (χ3n) is 2.87. The molecule has 4 N–H and O–H groups in total. The number of amides is 1. The van der Waals surface area contributed by atoms with Crippen molar-refractivity contribution in [1.82, 2.24) is 20.4 Å². The molecule has 102 valence electrons. The van der Waals surface area contributed by atoms with Gasteiger partial charge < -0.3 is 20.6 Å². The van der Waals surface area contributed by atoms with Crippen LogP contribution in [0.1, 0.15) is 22.2 Å². The van der Waals surface area contributed by atoms with Crippen molar-refractivity contribution in [2.75, 3.05) is 5.73 Å². The van der Waals surface area contributed by atoms with Gasteiger partial charge in [0.25, 0.3) is 5.91 Å². The topological polar surface area (TPSA) is 110 Å². The van der Waals surface area contributed by atoms with Crippen molar-refractivity contribution in [3.63, 3.8) is 0 Å². The van der Waals surface area contributed by atoms with Gasteiger partial charge in [-0.3, -0.25) is 4.79 Å². The zero-order valence-corrected chi connectivity index (χ0v) is 10.8. The van der Waals surface area contributed by atoms with Crippen molar-refractivity contribution in [2.24, 2.45) is 0 Å². The number of aromatic amines is 1. The van der Waals surface area contributed by atoms with E-state index < -0.39 is 0 Å². The highest BCUT2D eigenvalue weighted by Gasteiger charge is 2.11. The van der Waals surface area contributed by atoms with E-state index in [1.54, 1.807) is 19.1 Å². The van der Waals surface area contributed by atoms with Crippen molar-refractivity contribution >= 4 is 22.5 Å². The Morgan fingerprint density at radius 2 is 2.30 bits per heavy atom. The summed E-state index contributed by atoms with van der Waals surface area (Å²) in [5.74, 6) is 0.675. The van der Waals surface area contributed by atoms with Gasteiger partial charge in [0.1, 0.15) is 5.69 Å². The normalized spacial score (nSPS) is 10.8. The fraction of sp³-hybridized carbons (Fsp3) is 0.154. The Kier molecular flexibility index (Phi) is 2.86. The van der Waals surface area contributed by atoms with E-state index in [4.69, 9.17) is 10.3 Å². The van der Waals surface area contributed by atoms with E-state index in [2.05, 4.69) is 20.4 Å². The van der Waals surface area contributed by atoms with Gasteiger partial charge in [-0.1, -0.05) is 5.16 Å². The smallest absolute Gasteiger partial charge is 0.268 e. The third-order valence-corrected chi connectivity index (χ3v) is 2.87. The second-order valence-corrected chi connectivity index (χ2v) is 4.44. The lowest BCUT2D eigenvalue weighted by molar-refractivity contribution is 0.0945. The Morgan fingerprint density at radius 3 is 3.05 bits per heavy atom. The zero-order valence-electron chi connectivity index (χ0n) is 10.8. The Morgan fingerprint density at radius 1 is 1.45 bits per heavy atom. The average Bonchev–Trinajstić information content (AvgIpc) is 3.01. The second kappa shape index (κ2) is 4.69. The fourth-order valence-electron chi connectivity index (χ4n) is 1.94. The number of nitrogens with two attached hydrogens (primary N) is 1. The molecule has 0 unspecified atom stereocenters. The molecule has 2 aromatic heterocycles. The van der Waals surface area contributed by atoms with E-state index in [1.807, 2.05) is 12.1 Å². The summed E-state index contributed by atoms with van der Waals surface area (Å²) in [6, 6.07) is 7.18. The highest BCUT2D eigenvalue weighted by Crippen LogP contribution is 2.18. The molecule has 2 heterocycles. The summed E-state index contributed by atoms with van der Waals surface area (Å²) in [7, 11) is 0. The van der Waals surface area contributed by atoms with Crippen LogP contribution in [0.2, 0.25) is 0 Å². The number of carbonyl (C=O) groups is 1. The number of rotatable bonds is 3. The minimum absolute atomic E-state index is 0.216. The molecule has 0 aliphatic heterocycles. The number of nitrogens with zero attached hydrogens (tertiary/aromatic N) is 2. The molecule has 0 spiro atoms. The van der Waals surface area contributed by atoms with Gasteiger partial charge in [0.05, 0.1) is 6.54 Å². The quantitative estimate of drug-likeness (QED) is 0.623. The number of aryl methyl sites for hydroxylation is 1. The predicted octanol–water partition coefficient (Wildman–Crippen LogP) is 1.37. The van der Waals surface area contributed by atoms with Gasteiger partial charge >= 0.3 is 0 Å². The molecular formula is C13H13N5O2. The highest BCUT2D eigenvalue weighted by atomic mass is 16.5. The maximum absolute atomic E-state index is 12.0. The molecule has 1 amide bonds. The van der Waals surface area contributed by atoms with E-state index in [0.29, 0.717) is 23.1 Å². The molecule has 3 rings (SSSR count). The van der Waals surface area contributed by atoms with Gasteiger partial charge in [-0.15, -0.1) is 0 Å². The van der Waals surface area contributed by atoms with Crippen LogP contribution in [0.5, 0.6) is 0 Å². The van der Waals surface area contributed by atoms with Gasteiger partial charge in [-0.05, 0) is 24.3 Å². The number of hydrogen-bond acceptors (Lipinski definition) is 5. The van der Waals surface area contributed by atoms with Crippen LogP contribution in [0.25, 0.3) is 10.9 Å². The van der Waals surface area contributed by atoms with Crippen molar-refractivity contribution in [2.45, 2.75) is 13.5 Å². The number of aromatic nitrogens is 3. The first-order valence-corrected chi connectivity index (χ1v) is 6.07. The first-order valence-electron chi connectivity index (χ1n) is 6.07. The fourth-order valence-corrected chi connectivity index (χ4v) is 1.94. The number of H-pyrrole nitrogens is 1. The molecule has 0 saturated heterocycles. The van der Waals surface area contributed by atoms with Gasteiger partial charge in [0, 0.05) is 23.5 Å². The van der Waals surface area contributed by atoms with Crippen LogP contribution in [0, 0.1) is 6.92 Å². The monoisotopic (exact) mass is 271 g/mol. The van der Waals surface area contributed by atoms with Gasteiger partial charge in [0.15, 0.2) is 5.82 Å². The number of fused-ring (bicyclic) bond motifs is 1. The standard InChI is InChI=1S/C13H13N5O2/c1-7-16-12(18-20-7)6-15-13(19)11-5-8-4-9(14)2-3-10(8)17-11/h2-5,17H,6,14H2,1H3,(H,15,19). The third kappa shape index (κ3) is 2.33. The SMILES string of the molecule is Cc1nc(CNC(=O)c2cc3cc(N)ccc3[nH]2)no1. The molecule has 3 aromatic rings. The molecule has 7 nitrogen and oxygen atoms in total. The van der Waals surface area contributed by atoms with Crippen LogP contribution in [-0.2, 0) is 6.54 Å². The van der Waals surface area contributed by atoms with Gasteiger partial charge in [-0.25, -0.2) is 0 Å². The van der Waals surface area contributed by atoms with E-state index >= 15 is 0 Å². The van der Waals surface area contributed by atoms with Crippen molar-refractivity contribution in [3.05, 3.63) is 41.7 Å². The Hall–Kier alpha value is -2.83. The number of anilines is 1. The first kappa shape index (κ1) is 12.2. The minimum Gasteiger partial charge on any atom is -0.399 e. The maximum Gasteiger partial charge on any atom is 0.268 e. The summed E-state index contributed by atoms with van der Waals surface area (Å²) >= 11 is 0. The van der Waals surface area contributed by atoms with E-state index in [-0.39, 0.29) is 12.5 Å². The van der Waals surface area contributed by atoms with Crippen LogP contribution < -0.4 is 11.1 Å². The molecule has 0 aliphatic rings. The summed E-state index contributed by atoms with van der Waals surface area (Å²) < 4.78 is 4.83. The average molecular weight is 271 g/mol. The summed E-state index contributed by atoms with van der Waals surface area (Å²) in [5.41, 5.74) is 7.69. The molecule has 20 heavy (non-hydrogen) atoms. The number of nitrogens with one attached hydrogen (secondary N) is 2. The number of nitrogen functional groups attached to an aromatic ring is 1. The highest BCUT2D eigenvalue weighted by molar-refractivity contribution is 5.98. The van der Waals surface area contributed by atoms with Crippen LogP contribution in [-0.4, -0.2) is 21.0 Å². The zero-order chi connectivity index (χ0) is 14.1. The van der Waals surface area contributed by atoms with Gasteiger partial charge in [0.2, 0.25) is 5.89 Å². The lowest BCUT2D eigenvalue weighted by atomic mass is 10.2. The number of benzene rings is 1. The Balaban J connectivity index is 1.75. The Bertz CT molecular complexity index is 774. The number of hydrogen-bond donors (Lipinski definition) is 3. The largest absolute Gasteiger partial charge is 0.399 e. The molecule has 1 aromatic carbocycles. The van der Waals surface area contributed by atoms with Crippen LogP contribution >= 0.6 is 0 Å². The van der Waals surface area contributed by atoms with Crippen LogP contribution in [0.15, 0.2) is 28.8 Å². The van der Waals surface area contributed by atoms with Crippen molar-refractivity contribution in [1.29, 1.82) is 0 Å². The molecule has 0 radical (unpaired) electrons. The van der Waals surface area contributed by atoms with Crippen LogP contribution in [0.4, 0.5) is 5.69 Å². The second-order valence-electron chi connectivity index (χ2n) is 4.44. The lowest BCUT2D eigenvalue weighted by Crippen LogP contribution is -2.23. The minimum atomic E-state index is -0.234. The van der Waals surface area contributed by atoms with Gasteiger partial charge in [-0.2, -0.15) is 4.98 Å². The predicted molar refractivity (Wildman–Crippen MR) is 72.9 cm³/mol. The number of carbonyl (C=O) groups excluding carboxylic acids is 1. The summed E-state index contributed by atoms with van der Waals surface area (Å²) in [5, 5.41) is 7.32. The summed E-state index contributed by atoms with van der Waals surface area (Å²) in [4.78, 5) is 19.1. The molecule has 7 heteroatoms. The molecule has 0 bridgehead atoms. The summed E-state index contributed by atoms with van der Waals surface area (Å²) in [6.45, 7) is 1.91. The molecule has 0 fully saturated rings. The van der Waals surface area contributed by atoms with Crippen molar-refractivity contribution < 1.29 is 9.32 Å². The van der Waals surface area contributed by atoms with Crippen LogP contribution in [0.3, 0.4) is 0 Å².